The van der Waals surface area contributed by atoms with E-state index in [9.17, 15) is 4.79 Å². The van der Waals surface area contributed by atoms with Crippen molar-refractivity contribution in [1.29, 1.82) is 0 Å². The van der Waals surface area contributed by atoms with Gasteiger partial charge in [-0.3, -0.25) is 4.79 Å². The lowest BCUT2D eigenvalue weighted by Crippen LogP contribution is -1.98. The molecule has 0 saturated carbocycles. The lowest BCUT2D eigenvalue weighted by atomic mass is 10.1. The lowest BCUT2D eigenvalue weighted by molar-refractivity contribution is -0.115. The SMILES string of the molecule is CCCCCC=CC(=O)CC(C)C. The van der Waals surface area contributed by atoms with Gasteiger partial charge in [0.25, 0.3) is 0 Å². The van der Waals surface area contributed by atoms with Crippen LogP contribution in [0.15, 0.2) is 12.2 Å². The Balaban J connectivity index is 3.42. The zero-order chi connectivity index (χ0) is 10.1. The van der Waals surface area contributed by atoms with Crippen LogP contribution in [0.4, 0.5) is 0 Å². The first-order valence-electron chi connectivity index (χ1n) is 5.36. The van der Waals surface area contributed by atoms with Crippen molar-refractivity contribution in [2.24, 2.45) is 5.92 Å². The molecule has 0 aliphatic heterocycles. The summed E-state index contributed by atoms with van der Waals surface area (Å²) in [6, 6.07) is 0. The minimum Gasteiger partial charge on any atom is -0.295 e. The molecular weight excluding hydrogens is 160 g/mol. The number of unbranched alkanes of at least 4 members (excludes halogenated alkanes) is 3. The predicted octanol–water partition coefficient (Wildman–Crippen LogP) is 3.74. The van der Waals surface area contributed by atoms with E-state index in [0.29, 0.717) is 12.3 Å². The molecule has 0 aliphatic carbocycles. The normalized spacial score (nSPS) is 11.4. The van der Waals surface area contributed by atoms with Crippen molar-refractivity contribution in [2.45, 2.75) is 52.9 Å². The van der Waals surface area contributed by atoms with Crippen molar-refractivity contribution >= 4 is 5.78 Å². The third-order valence-electron chi connectivity index (χ3n) is 1.89. The Labute approximate surface area is 82.2 Å². The molecule has 1 heteroatoms. The first kappa shape index (κ1) is 12.4. The molecule has 0 unspecified atom stereocenters. The Bertz CT molecular complexity index is 157. The van der Waals surface area contributed by atoms with E-state index in [-0.39, 0.29) is 5.78 Å². The second-order valence-corrected chi connectivity index (χ2v) is 3.96. The molecule has 0 aromatic rings. The van der Waals surface area contributed by atoms with Crippen LogP contribution in [0, 0.1) is 5.92 Å². The van der Waals surface area contributed by atoms with Crippen LogP contribution in [0.5, 0.6) is 0 Å². The summed E-state index contributed by atoms with van der Waals surface area (Å²) in [4.78, 5) is 11.2. The van der Waals surface area contributed by atoms with E-state index in [4.69, 9.17) is 0 Å². The van der Waals surface area contributed by atoms with Gasteiger partial charge in [0.2, 0.25) is 0 Å². The fourth-order valence-electron chi connectivity index (χ4n) is 1.20. The summed E-state index contributed by atoms with van der Waals surface area (Å²) >= 11 is 0. The molecule has 0 aliphatic rings. The summed E-state index contributed by atoms with van der Waals surface area (Å²) in [5, 5.41) is 0. The molecule has 0 fully saturated rings. The highest BCUT2D eigenvalue weighted by molar-refractivity contribution is 5.89. The van der Waals surface area contributed by atoms with Crippen molar-refractivity contribution in [3.63, 3.8) is 0 Å². The third kappa shape index (κ3) is 9.32. The molecule has 13 heavy (non-hydrogen) atoms. The number of rotatable bonds is 7. The first-order valence-corrected chi connectivity index (χ1v) is 5.36. The number of ketones is 1. The molecule has 76 valence electrons. The van der Waals surface area contributed by atoms with Gasteiger partial charge in [-0.25, -0.2) is 0 Å². The van der Waals surface area contributed by atoms with E-state index in [2.05, 4.69) is 20.8 Å². The van der Waals surface area contributed by atoms with Crippen LogP contribution in [0.25, 0.3) is 0 Å². The fraction of sp³-hybridized carbons (Fsp3) is 0.750. The minimum atomic E-state index is 0.270. The zero-order valence-electron chi connectivity index (χ0n) is 9.18. The number of hydrogen-bond acceptors (Lipinski definition) is 1. The van der Waals surface area contributed by atoms with E-state index < -0.39 is 0 Å². The summed E-state index contributed by atoms with van der Waals surface area (Å²) < 4.78 is 0. The topological polar surface area (TPSA) is 17.1 Å². The van der Waals surface area contributed by atoms with Crippen molar-refractivity contribution in [3.05, 3.63) is 12.2 Å². The Kier molecular flexibility index (Phi) is 7.66. The van der Waals surface area contributed by atoms with Gasteiger partial charge in [-0.2, -0.15) is 0 Å². The summed E-state index contributed by atoms with van der Waals surface area (Å²) in [5.74, 6) is 0.749. The Hall–Kier alpha value is -0.590. The van der Waals surface area contributed by atoms with Crippen molar-refractivity contribution in [1.82, 2.24) is 0 Å². The van der Waals surface area contributed by atoms with E-state index in [0.717, 1.165) is 6.42 Å². The maximum absolute atomic E-state index is 11.2. The molecule has 0 N–H and O–H groups in total. The first-order chi connectivity index (χ1) is 6.16. The fourth-order valence-corrected chi connectivity index (χ4v) is 1.20. The Morgan fingerprint density at radius 1 is 1.31 bits per heavy atom. The molecule has 0 atom stereocenters. The van der Waals surface area contributed by atoms with Crippen LogP contribution in [0.1, 0.15) is 52.9 Å². The van der Waals surface area contributed by atoms with Crippen LogP contribution in [-0.4, -0.2) is 5.78 Å². The van der Waals surface area contributed by atoms with Gasteiger partial charge >= 0.3 is 0 Å². The molecule has 0 aromatic heterocycles. The van der Waals surface area contributed by atoms with Crippen LogP contribution >= 0.6 is 0 Å². The minimum absolute atomic E-state index is 0.270. The van der Waals surface area contributed by atoms with Gasteiger partial charge in [0.15, 0.2) is 5.78 Å². The molecule has 0 bridgehead atoms. The summed E-state index contributed by atoms with van der Waals surface area (Å²) in [7, 11) is 0. The van der Waals surface area contributed by atoms with Crippen LogP contribution in [0.2, 0.25) is 0 Å². The molecule has 1 nitrogen and oxygen atoms in total. The third-order valence-corrected chi connectivity index (χ3v) is 1.89. The summed E-state index contributed by atoms with van der Waals surface area (Å²) in [5.41, 5.74) is 0. The maximum atomic E-state index is 11.2. The second-order valence-electron chi connectivity index (χ2n) is 3.96. The molecule has 0 radical (unpaired) electrons. The average Bonchev–Trinajstić information content (AvgIpc) is 2.02. The number of hydrogen-bond donors (Lipinski definition) is 0. The predicted molar refractivity (Wildman–Crippen MR) is 57.7 cm³/mol. The van der Waals surface area contributed by atoms with E-state index in [1.807, 2.05) is 6.08 Å². The molecule has 0 saturated heterocycles. The number of carbonyl (C=O) groups is 1. The van der Waals surface area contributed by atoms with E-state index >= 15 is 0 Å². The van der Waals surface area contributed by atoms with Crippen molar-refractivity contribution in [2.75, 3.05) is 0 Å². The van der Waals surface area contributed by atoms with Crippen LogP contribution < -0.4 is 0 Å². The van der Waals surface area contributed by atoms with Crippen molar-refractivity contribution in [3.8, 4) is 0 Å². The lowest BCUT2D eigenvalue weighted by Gasteiger charge is -1.98. The highest BCUT2D eigenvalue weighted by atomic mass is 16.1. The smallest absolute Gasteiger partial charge is 0.155 e. The van der Waals surface area contributed by atoms with Gasteiger partial charge < -0.3 is 0 Å². The Morgan fingerprint density at radius 2 is 2.00 bits per heavy atom. The Morgan fingerprint density at radius 3 is 2.54 bits per heavy atom. The standard InChI is InChI=1S/C12H22O/c1-4-5-6-7-8-9-12(13)10-11(2)3/h8-9,11H,4-7,10H2,1-3H3. The van der Waals surface area contributed by atoms with Crippen molar-refractivity contribution < 1.29 is 4.79 Å². The van der Waals surface area contributed by atoms with Gasteiger partial charge in [0.05, 0.1) is 0 Å². The maximum Gasteiger partial charge on any atom is 0.155 e. The molecular formula is C12H22O. The zero-order valence-corrected chi connectivity index (χ0v) is 9.18. The van der Waals surface area contributed by atoms with Gasteiger partial charge in [0.1, 0.15) is 0 Å². The highest BCUT2D eigenvalue weighted by Gasteiger charge is 1.99. The van der Waals surface area contributed by atoms with Gasteiger partial charge in [-0.1, -0.05) is 39.7 Å². The number of allylic oxidation sites excluding steroid dienone is 2. The highest BCUT2D eigenvalue weighted by Crippen LogP contribution is 2.03. The van der Waals surface area contributed by atoms with Gasteiger partial charge in [-0.15, -0.1) is 0 Å². The van der Waals surface area contributed by atoms with E-state index in [1.54, 1.807) is 6.08 Å². The molecule has 0 aromatic carbocycles. The molecule has 0 amide bonds. The largest absolute Gasteiger partial charge is 0.295 e. The average molecular weight is 182 g/mol. The molecule has 0 heterocycles. The quantitative estimate of drug-likeness (QED) is 0.433. The van der Waals surface area contributed by atoms with Gasteiger partial charge in [0, 0.05) is 6.42 Å². The second kappa shape index (κ2) is 8.03. The van der Waals surface area contributed by atoms with Crippen LogP contribution in [0.3, 0.4) is 0 Å². The van der Waals surface area contributed by atoms with Crippen LogP contribution in [-0.2, 0) is 4.79 Å². The molecule has 0 spiro atoms. The number of carbonyl (C=O) groups excluding carboxylic acids is 1. The van der Waals surface area contributed by atoms with Gasteiger partial charge in [-0.05, 0) is 24.8 Å². The van der Waals surface area contributed by atoms with E-state index in [1.165, 1.54) is 19.3 Å². The molecule has 0 rings (SSSR count). The summed E-state index contributed by atoms with van der Waals surface area (Å²) in [6.07, 6.45) is 9.22. The monoisotopic (exact) mass is 182 g/mol. The summed E-state index contributed by atoms with van der Waals surface area (Å²) in [6.45, 7) is 6.33.